The summed E-state index contributed by atoms with van der Waals surface area (Å²) in [7, 11) is 0. The summed E-state index contributed by atoms with van der Waals surface area (Å²) in [5.74, 6) is 0. The average Bonchev–Trinajstić information content (AvgIpc) is 2.92. The first-order valence-electron chi connectivity index (χ1n) is 11.8. The van der Waals surface area contributed by atoms with Crippen LogP contribution in [0.5, 0.6) is 0 Å². The molecule has 0 amide bonds. The Morgan fingerprint density at radius 3 is 1.06 bits per heavy atom. The summed E-state index contributed by atoms with van der Waals surface area (Å²) in [6.45, 7) is 0. The van der Waals surface area contributed by atoms with Gasteiger partial charge in [0.15, 0.2) is 0 Å². The molecule has 7 rings (SSSR count). The molecule has 0 aromatic heterocycles. The second-order valence-corrected chi connectivity index (χ2v) is 8.97. The fourth-order valence-electron chi connectivity index (χ4n) is 5.43. The molecule has 0 bridgehead atoms. The van der Waals surface area contributed by atoms with Gasteiger partial charge in [-0.2, -0.15) is 0 Å². The van der Waals surface area contributed by atoms with Crippen molar-refractivity contribution in [3.63, 3.8) is 0 Å². The molecule has 0 saturated carbocycles. The van der Waals surface area contributed by atoms with Gasteiger partial charge in [0.1, 0.15) is 0 Å². The monoisotopic (exact) mass is 430 g/mol. The highest BCUT2D eigenvalue weighted by Gasteiger charge is 2.17. The van der Waals surface area contributed by atoms with E-state index >= 15 is 0 Å². The molecule has 0 radical (unpaired) electrons. The lowest BCUT2D eigenvalue weighted by atomic mass is 9.84. The fraction of sp³-hybridized carbons (Fsp3) is 0. The van der Waals surface area contributed by atoms with Gasteiger partial charge < -0.3 is 0 Å². The molecule has 0 aliphatic rings. The number of fused-ring (bicyclic) bond motifs is 5. The number of hydrogen-bond donors (Lipinski definition) is 0. The molecule has 0 spiro atoms. The van der Waals surface area contributed by atoms with Crippen LogP contribution in [0.25, 0.3) is 65.3 Å². The first kappa shape index (κ1) is 19.1. The van der Waals surface area contributed by atoms with Crippen molar-refractivity contribution in [3.05, 3.63) is 133 Å². The van der Waals surface area contributed by atoms with E-state index in [0.29, 0.717) is 0 Å². The van der Waals surface area contributed by atoms with Crippen LogP contribution in [0.4, 0.5) is 0 Å². The quantitative estimate of drug-likeness (QED) is 0.239. The van der Waals surface area contributed by atoms with Crippen LogP contribution in [-0.2, 0) is 0 Å². The number of benzene rings is 7. The maximum absolute atomic E-state index is 2.34. The second kappa shape index (κ2) is 7.57. The topological polar surface area (TPSA) is 0 Å². The van der Waals surface area contributed by atoms with Crippen molar-refractivity contribution in [3.8, 4) is 22.3 Å². The molecule has 0 saturated heterocycles. The van der Waals surface area contributed by atoms with E-state index in [2.05, 4.69) is 133 Å². The molecule has 0 nitrogen and oxygen atoms in total. The van der Waals surface area contributed by atoms with Crippen LogP contribution in [0.15, 0.2) is 133 Å². The van der Waals surface area contributed by atoms with Gasteiger partial charge in [0.2, 0.25) is 0 Å². The molecule has 0 heteroatoms. The molecular formula is C34H22. The van der Waals surface area contributed by atoms with Crippen molar-refractivity contribution in [2.45, 2.75) is 0 Å². The fourth-order valence-corrected chi connectivity index (χ4v) is 5.43. The minimum absolute atomic E-state index is 1.25. The van der Waals surface area contributed by atoms with Gasteiger partial charge in [-0.1, -0.05) is 121 Å². The minimum Gasteiger partial charge on any atom is -0.0616 e. The van der Waals surface area contributed by atoms with Crippen LogP contribution in [-0.4, -0.2) is 0 Å². The maximum Gasteiger partial charge on any atom is -0.00201 e. The minimum atomic E-state index is 1.25. The molecule has 0 atom stereocenters. The van der Waals surface area contributed by atoms with E-state index < -0.39 is 0 Å². The van der Waals surface area contributed by atoms with Gasteiger partial charge in [-0.05, 0) is 77.5 Å². The molecule has 158 valence electrons. The predicted molar refractivity (Wildman–Crippen MR) is 147 cm³/mol. The van der Waals surface area contributed by atoms with E-state index in [1.165, 1.54) is 65.3 Å². The van der Waals surface area contributed by atoms with Crippen molar-refractivity contribution in [2.75, 3.05) is 0 Å². The Morgan fingerprint density at radius 2 is 0.618 bits per heavy atom. The molecule has 0 aliphatic carbocycles. The van der Waals surface area contributed by atoms with E-state index in [1.54, 1.807) is 0 Å². The first-order valence-corrected chi connectivity index (χ1v) is 11.8. The summed E-state index contributed by atoms with van der Waals surface area (Å²) in [5, 5.41) is 10.2. The van der Waals surface area contributed by atoms with E-state index in [0.717, 1.165) is 0 Å². The second-order valence-electron chi connectivity index (χ2n) is 8.97. The number of hydrogen-bond acceptors (Lipinski definition) is 0. The molecular weight excluding hydrogens is 408 g/mol. The summed E-state index contributed by atoms with van der Waals surface area (Å²) in [4.78, 5) is 0. The van der Waals surface area contributed by atoms with Crippen LogP contribution in [0.3, 0.4) is 0 Å². The maximum atomic E-state index is 2.34. The molecule has 0 aliphatic heterocycles. The lowest BCUT2D eigenvalue weighted by Gasteiger charge is -2.19. The Hall–Kier alpha value is -4.42. The Bertz CT molecular complexity index is 1720. The van der Waals surface area contributed by atoms with Gasteiger partial charge in [0, 0.05) is 0 Å². The first-order chi connectivity index (χ1) is 16.9. The molecule has 0 unspecified atom stereocenters. The third-order valence-electron chi connectivity index (χ3n) is 7.01. The Balaban J connectivity index is 1.67. The standard InChI is InChI=1S/C34H22/c1-3-11-25-21-27(19-17-23(25)9-1)33-31-15-7-5-13-29(31)30-14-6-8-16-32(30)34(33)28-20-18-24-10-2-4-12-26(24)22-28/h1-22H. The Labute approximate surface area is 198 Å². The van der Waals surface area contributed by atoms with Gasteiger partial charge in [0.05, 0.1) is 0 Å². The Kier molecular flexibility index (Phi) is 4.25. The van der Waals surface area contributed by atoms with Crippen molar-refractivity contribution in [2.24, 2.45) is 0 Å². The third-order valence-corrected chi connectivity index (χ3v) is 7.01. The summed E-state index contributed by atoms with van der Waals surface area (Å²) in [5.41, 5.74) is 5.11. The van der Waals surface area contributed by atoms with Gasteiger partial charge in [-0.25, -0.2) is 0 Å². The predicted octanol–water partition coefficient (Wildman–Crippen LogP) is 9.63. The van der Waals surface area contributed by atoms with Crippen molar-refractivity contribution in [1.82, 2.24) is 0 Å². The van der Waals surface area contributed by atoms with E-state index in [-0.39, 0.29) is 0 Å². The van der Waals surface area contributed by atoms with Gasteiger partial charge in [-0.3, -0.25) is 0 Å². The van der Waals surface area contributed by atoms with E-state index in [9.17, 15) is 0 Å². The van der Waals surface area contributed by atoms with Gasteiger partial charge in [0.25, 0.3) is 0 Å². The van der Waals surface area contributed by atoms with Crippen LogP contribution >= 0.6 is 0 Å². The largest absolute Gasteiger partial charge is 0.0616 e. The molecule has 0 heterocycles. The highest BCUT2D eigenvalue weighted by atomic mass is 14.2. The molecule has 7 aromatic carbocycles. The smallest absolute Gasteiger partial charge is 0.00201 e. The van der Waals surface area contributed by atoms with Gasteiger partial charge >= 0.3 is 0 Å². The van der Waals surface area contributed by atoms with Crippen LogP contribution < -0.4 is 0 Å². The zero-order valence-electron chi connectivity index (χ0n) is 18.7. The SMILES string of the molecule is c1ccc2cc(-c3c(-c4ccc5ccccc5c4)c4ccccc4c4ccccc34)ccc2c1. The van der Waals surface area contributed by atoms with Crippen LogP contribution in [0.1, 0.15) is 0 Å². The lowest BCUT2D eigenvalue weighted by Crippen LogP contribution is -1.92. The van der Waals surface area contributed by atoms with E-state index in [4.69, 9.17) is 0 Å². The summed E-state index contributed by atoms with van der Waals surface area (Å²) in [6, 6.07) is 48.6. The van der Waals surface area contributed by atoms with Crippen molar-refractivity contribution < 1.29 is 0 Å². The highest BCUT2D eigenvalue weighted by Crippen LogP contribution is 2.45. The van der Waals surface area contributed by atoms with Crippen LogP contribution in [0.2, 0.25) is 0 Å². The summed E-state index contributed by atoms with van der Waals surface area (Å²) >= 11 is 0. The normalized spacial score (nSPS) is 11.5. The van der Waals surface area contributed by atoms with Crippen molar-refractivity contribution >= 4 is 43.1 Å². The number of rotatable bonds is 2. The molecule has 0 fully saturated rings. The zero-order chi connectivity index (χ0) is 22.5. The molecule has 7 aromatic rings. The van der Waals surface area contributed by atoms with E-state index in [1.807, 2.05) is 0 Å². The average molecular weight is 431 g/mol. The lowest BCUT2D eigenvalue weighted by molar-refractivity contribution is 1.66. The third kappa shape index (κ3) is 2.93. The van der Waals surface area contributed by atoms with Gasteiger partial charge in [-0.15, -0.1) is 0 Å². The van der Waals surface area contributed by atoms with Crippen LogP contribution in [0, 0.1) is 0 Å². The molecule has 0 N–H and O–H groups in total. The molecule has 34 heavy (non-hydrogen) atoms. The summed E-state index contributed by atoms with van der Waals surface area (Å²) < 4.78 is 0. The highest BCUT2D eigenvalue weighted by molar-refractivity contribution is 6.22. The zero-order valence-corrected chi connectivity index (χ0v) is 18.7. The van der Waals surface area contributed by atoms with Crippen molar-refractivity contribution in [1.29, 1.82) is 0 Å². The Morgan fingerprint density at radius 1 is 0.265 bits per heavy atom. The summed E-state index contributed by atoms with van der Waals surface area (Å²) in [6.07, 6.45) is 0.